The minimum absolute atomic E-state index is 0.127. The molecule has 7 heteroatoms. The molecule has 6 nitrogen and oxygen atoms in total. The van der Waals surface area contributed by atoms with Gasteiger partial charge in [0.05, 0.1) is 5.52 Å². The lowest BCUT2D eigenvalue weighted by atomic mass is 10.0. The van der Waals surface area contributed by atoms with Crippen LogP contribution in [-0.4, -0.2) is 24.0 Å². The van der Waals surface area contributed by atoms with Gasteiger partial charge in [-0.25, -0.2) is 9.18 Å². The zero-order chi connectivity index (χ0) is 18.8. The number of aromatic nitrogens is 1. The molecule has 0 spiro atoms. The molecule has 2 aromatic carbocycles. The van der Waals surface area contributed by atoms with Crippen molar-refractivity contribution in [3.8, 4) is 0 Å². The summed E-state index contributed by atoms with van der Waals surface area (Å²) < 4.78 is 18.4. The molecule has 0 bridgehead atoms. The Morgan fingerprint density at radius 3 is 2.93 bits per heavy atom. The fourth-order valence-corrected chi connectivity index (χ4v) is 3.21. The van der Waals surface area contributed by atoms with Gasteiger partial charge in [-0.1, -0.05) is 17.7 Å². The van der Waals surface area contributed by atoms with Gasteiger partial charge in [0.25, 0.3) is 0 Å². The summed E-state index contributed by atoms with van der Waals surface area (Å²) in [6.07, 6.45) is 3.06. The average molecular weight is 367 g/mol. The number of hydrogen-bond acceptors (Lipinski definition) is 4. The van der Waals surface area contributed by atoms with E-state index in [1.54, 1.807) is 24.3 Å². The number of aromatic amines is 1. The van der Waals surface area contributed by atoms with Crippen molar-refractivity contribution in [2.24, 2.45) is 0 Å². The first-order valence-corrected chi connectivity index (χ1v) is 8.68. The first-order valence-electron chi connectivity index (χ1n) is 8.68. The van der Waals surface area contributed by atoms with Gasteiger partial charge in [-0.05, 0) is 36.8 Å². The van der Waals surface area contributed by atoms with Gasteiger partial charge in [-0.15, -0.1) is 0 Å². The molecule has 1 amide bonds. The molecule has 4 rings (SSSR count). The van der Waals surface area contributed by atoms with Crippen molar-refractivity contribution in [1.29, 1.82) is 0 Å². The number of H-pyrrole nitrogens is 1. The van der Waals surface area contributed by atoms with Crippen LogP contribution in [0.4, 0.5) is 15.8 Å². The average Bonchev–Trinajstić information content (AvgIpc) is 3.01. The van der Waals surface area contributed by atoms with E-state index in [1.165, 1.54) is 12.1 Å². The van der Waals surface area contributed by atoms with Crippen molar-refractivity contribution < 1.29 is 13.6 Å². The number of oxazole rings is 1. The van der Waals surface area contributed by atoms with Gasteiger partial charge in [0.1, 0.15) is 5.82 Å². The van der Waals surface area contributed by atoms with E-state index in [2.05, 4.69) is 15.2 Å². The monoisotopic (exact) mass is 367 g/mol. The second-order valence-corrected chi connectivity index (χ2v) is 6.49. The van der Waals surface area contributed by atoms with Crippen LogP contribution in [0.15, 0.2) is 63.3 Å². The Hall–Kier alpha value is -3.35. The largest absolute Gasteiger partial charge is 0.417 e. The molecule has 0 saturated carbocycles. The number of anilines is 2. The Morgan fingerprint density at radius 2 is 2.15 bits per heavy atom. The molecule has 27 heavy (non-hydrogen) atoms. The number of carbonyl (C=O) groups excluding carboxylic acids is 1. The van der Waals surface area contributed by atoms with Crippen LogP contribution in [0.3, 0.4) is 0 Å². The maximum Gasteiger partial charge on any atom is 0.417 e. The topological polar surface area (TPSA) is 78.3 Å². The number of nitrogens with one attached hydrogen (secondary N) is 2. The van der Waals surface area contributed by atoms with Crippen molar-refractivity contribution in [3.05, 3.63) is 70.5 Å². The molecule has 2 heterocycles. The van der Waals surface area contributed by atoms with E-state index in [9.17, 15) is 14.0 Å². The molecule has 1 aromatic heterocycles. The van der Waals surface area contributed by atoms with Gasteiger partial charge in [-0.3, -0.25) is 9.78 Å². The third kappa shape index (κ3) is 3.92. The van der Waals surface area contributed by atoms with Crippen LogP contribution in [0.5, 0.6) is 0 Å². The summed E-state index contributed by atoms with van der Waals surface area (Å²) in [5, 5.41) is 2.82. The molecule has 3 aromatic rings. The third-order valence-electron chi connectivity index (χ3n) is 4.57. The van der Waals surface area contributed by atoms with Crippen LogP contribution >= 0.6 is 0 Å². The van der Waals surface area contributed by atoms with Crippen molar-refractivity contribution in [2.45, 2.75) is 12.8 Å². The van der Waals surface area contributed by atoms with Crippen LogP contribution in [0, 0.1) is 5.82 Å². The van der Waals surface area contributed by atoms with Crippen LogP contribution in [0.25, 0.3) is 11.1 Å². The fraction of sp³-hybridized carbons (Fsp3) is 0.200. The predicted octanol–water partition coefficient (Wildman–Crippen LogP) is 3.43. The maximum absolute atomic E-state index is 13.4. The smallest absolute Gasteiger partial charge is 0.408 e. The molecular formula is C20H18FN3O3. The number of fused-ring (bicyclic) bond motifs is 1. The number of nitrogens with zero attached hydrogens (tertiary/aromatic N) is 1. The van der Waals surface area contributed by atoms with Gasteiger partial charge in [0, 0.05) is 37.0 Å². The number of benzene rings is 2. The first-order chi connectivity index (χ1) is 13.1. The summed E-state index contributed by atoms with van der Waals surface area (Å²) in [5.41, 5.74) is 3.46. The summed E-state index contributed by atoms with van der Waals surface area (Å²) >= 11 is 0. The molecule has 0 unspecified atom stereocenters. The van der Waals surface area contributed by atoms with Crippen LogP contribution < -0.4 is 16.0 Å². The van der Waals surface area contributed by atoms with Gasteiger partial charge >= 0.3 is 5.76 Å². The second-order valence-electron chi connectivity index (χ2n) is 6.49. The van der Waals surface area contributed by atoms with E-state index in [0.717, 1.165) is 24.2 Å². The Labute approximate surface area is 154 Å². The fourth-order valence-electron chi connectivity index (χ4n) is 3.21. The van der Waals surface area contributed by atoms with Crippen LogP contribution in [-0.2, 0) is 4.79 Å². The highest BCUT2D eigenvalue weighted by molar-refractivity contribution is 5.94. The predicted molar refractivity (Wildman–Crippen MR) is 101 cm³/mol. The van der Waals surface area contributed by atoms with Crippen molar-refractivity contribution in [1.82, 2.24) is 4.98 Å². The molecule has 0 atom stereocenters. The van der Waals surface area contributed by atoms with Crippen molar-refractivity contribution in [2.75, 3.05) is 23.3 Å². The van der Waals surface area contributed by atoms with E-state index >= 15 is 0 Å². The van der Waals surface area contributed by atoms with Gasteiger partial charge < -0.3 is 14.6 Å². The summed E-state index contributed by atoms with van der Waals surface area (Å²) in [4.78, 5) is 28.1. The van der Waals surface area contributed by atoms with E-state index in [0.29, 0.717) is 29.8 Å². The molecule has 0 aliphatic carbocycles. The van der Waals surface area contributed by atoms with E-state index in [4.69, 9.17) is 4.42 Å². The number of rotatable bonds is 4. The van der Waals surface area contributed by atoms with Crippen LogP contribution in [0.2, 0.25) is 0 Å². The number of halogens is 1. The zero-order valence-electron chi connectivity index (χ0n) is 14.5. The lowest BCUT2D eigenvalue weighted by Gasteiger charge is -2.28. The summed E-state index contributed by atoms with van der Waals surface area (Å²) in [5.74, 6) is -0.904. The van der Waals surface area contributed by atoms with Crippen LogP contribution in [0.1, 0.15) is 12.8 Å². The normalized spacial score (nSPS) is 14.3. The molecule has 2 N–H and O–H groups in total. The molecule has 1 aliphatic rings. The minimum atomic E-state index is -0.524. The highest BCUT2D eigenvalue weighted by Crippen LogP contribution is 2.22. The number of amides is 1. The van der Waals surface area contributed by atoms with E-state index in [1.807, 2.05) is 12.1 Å². The Kier molecular flexibility index (Phi) is 4.50. The Bertz CT molecular complexity index is 1080. The summed E-state index contributed by atoms with van der Waals surface area (Å²) in [6, 6.07) is 11.5. The SMILES string of the molecule is O=C(CC1=CCN(c2cccc(F)c2)CC1)Nc1ccc2[nH]c(=O)oc2c1. The standard InChI is InChI=1S/C20H18FN3O3/c21-14-2-1-3-16(11-14)24-8-6-13(7-9-24)10-19(25)22-15-4-5-17-18(12-15)27-20(26)23-17/h1-6,11-12H,7-10H2,(H,22,25)(H,23,26). The van der Waals surface area contributed by atoms with Crippen molar-refractivity contribution in [3.63, 3.8) is 0 Å². The van der Waals surface area contributed by atoms with Gasteiger partial charge in [0.2, 0.25) is 5.91 Å². The number of carbonyl (C=O) groups is 1. The molecule has 138 valence electrons. The van der Waals surface area contributed by atoms with Crippen molar-refractivity contribution >= 4 is 28.4 Å². The highest BCUT2D eigenvalue weighted by Gasteiger charge is 2.15. The molecule has 1 aliphatic heterocycles. The lowest BCUT2D eigenvalue weighted by Crippen LogP contribution is -2.29. The quantitative estimate of drug-likeness (QED) is 0.693. The highest BCUT2D eigenvalue weighted by atomic mass is 19.1. The minimum Gasteiger partial charge on any atom is -0.408 e. The van der Waals surface area contributed by atoms with Gasteiger partial charge in [0.15, 0.2) is 5.58 Å². The molecule has 0 fully saturated rings. The Balaban J connectivity index is 1.37. The molecular weight excluding hydrogens is 349 g/mol. The third-order valence-corrected chi connectivity index (χ3v) is 4.57. The molecule has 0 radical (unpaired) electrons. The first kappa shape index (κ1) is 17.1. The van der Waals surface area contributed by atoms with E-state index < -0.39 is 5.76 Å². The second kappa shape index (κ2) is 7.11. The van der Waals surface area contributed by atoms with E-state index in [-0.39, 0.29) is 11.7 Å². The number of hydrogen-bond donors (Lipinski definition) is 2. The summed E-state index contributed by atoms with van der Waals surface area (Å²) in [6.45, 7) is 1.38. The summed E-state index contributed by atoms with van der Waals surface area (Å²) in [7, 11) is 0. The maximum atomic E-state index is 13.4. The molecule has 0 saturated heterocycles. The zero-order valence-corrected chi connectivity index (χ0v) is 14.5. The van der Waals surface area contributed by atoms with Gasteiger partial charge in [-0.2, -0.15) is 0 Å². The lowest BCUT2D eigenvalue weighted by molar-refractivity contribution is -0.115. The Morgan fingerprint density at radius 1 is 1.26 bits per heavy atom.